The molecule has 17 heavy (non-hydrogen) atoms. The molecule has 1 saturated heterocycles. The molecule has 1 fully saturated rings. The SMILES string of the molecule is O=c1[nH]c(N2CCCNCC2)nc2ccsc12. The summed E-state index contributed by atoms with van der Waals surface area (Å²) < 4.78 is 0.710. The second kappa shape index (κ2) is 4.46. The Balaban J connectivity index is 2.01. The van der Waals surface area contributed by atoms with Crippen LogP contribution in [0.15, 0.2) is 16.2 Å². The maximum atomic E-state index is 11.9. The molecule has 3 heterocycles. The van der Waals surface area contributed by atoms with Gasteiger partial charge in [0.15, 0.2) is 0 Å². The van der Waals surface area contributed by atoms with Crippen molar-refractivity contribution in [1.29, 1.82) is 0 Å². The Morgan fingerprint density at radius 3 is 3.24 bits per heavy atom. The van der Waals surface area contributed by atoms with E-state index in [1.165, 1.54) is 11.3 Å². The highest BCUT2D eigenvalue weighted by Crippen LogP contribution is 2.17. The van der Waals surface area contributed by atoms with Crippen LogP contribution in [0, 0.1) is 0 Å². The number of rotatable bonds is 1. The van der Waals surface area contributed by atoms with Crippen LogP contribution in [-0.2, 0) is 0 Å². The van der Waals surface area contributed by atoms with Crippen LogP contribution in [0.4, 0.5) is 5.95 Å². The highest BCUT2D eigenvalue weighted by Gasteiger charge is 2.13. The van der Waals surface area contributed by atoms with E-state index < -0.39 is 0 Å². The number of hydrogen-bond donors (Lipinski definition) is 2. The highest BCUT2D eigenvalue weighted by molar-refractivity contribution is 7.17. The number of fused-ring (bicyclic) bond motifs is 1. The maximum absolute atomic E-state index is 11.9. The molecule has 0 aliphatic carbocycles. The van der Waals surface area contributed by atoms with Gasteiger partial charge >= 0.3 is 0 Å². The summed E-state index contributed by atoms with van der Waals surface area (Å²) in [6.45, 7) is 3.79. The monoisotopic (exact) mass is 250 g/mol. The molecule has 0 amide bonds. The van der Waals surface area contributed by atoms with E-state index in [1.807, 2.05) is 11.4 Å². The van der Waals surface area contributed by atoms with Crippen molar-refractivity contribution in [2.75, 3.05) is 31.1 Å². The van der Waals surface area contributed by atoms with Crippen LogP contribution >= 0.6 is 11.3 Å². The first-order valence-electron chi connectivity index (χ1n) is 5.78. The lowest BCUT2D eigenvalue weighted by atomic mass is 10.4. The number of hydrogen-bond acceptors (Lipinski definition) is 5. The second-order valence-corrected chi connectivity index (χ2v) is 5.03. The van der Waals surface area contributed by atoms with Crippen molar-refractivity contribution in [2.45, 2.75) is 6.42 Å². The number of thiophene rings is 1. The summed E-state index contributed by atoms with van der Waals surface area (Å²) in [7, 11) is 0. The van der Waals surface area contributed by atoms with E-state index in [9.17, 15) is 4.79 Å². The minimum Gasteiger partial charge on any atom is -0.341 e. The van der Waals surface area contributed by atoms with E-state index in [0.717, 1.165) is 38.1 Å². The van der Waals surface area contributed by atoms with Crippen LogP contribution in [0.1, 0.15) is 6.42 Å². The fourth-order valence-electron chi connectivity index (χ4n) is 2.07. The van der Waals surface area contributed by atoms with Gasteiger partial charge in [-0.05, 0) is 24.4 Å². The zero-order chi connectivity index (χ0) is 11.7. The van der Waals surface area contributed by atoms with Gasteiger partial charge in [-0.3, -0.25) is 9.78 Å². The average Bonchev–Trinajstić information content (AvgIpc) is 2.63. The second-order valence-electron chi connectivity index (χ2n) is 4.12. The third-order valence-electron chi connectivity index (χ3n) is 2.94. The molecule has 3 rings (SSSR count). The fraction of sp³-hybridized carbons (Fsp3) is 0.455. The van der Waals surface area contributed by atoms with Gasteiger partial charge in [0.1, 0.15) is 4.70 Å². The third-order valence-corrected chi connectivity index (χ3v) is 3.84. The largest absolute Gasteiger partial charge is 0.341 e. The van der Waals surface area contributed by atoms with Gasteiger partial charge < -0.3 is 10.2 Å². The molecule has 0 radical (unpaired) electrons. The fourth-order valence-corrected chi connectivity index (χ4v) is 2.79. The molecule has 2 N–H and O–H groups in total. The van der Waals surface area contributed by atoms with Gasteiger partial charge in [0.2, 0.25) is 5.95 Å². The van der Waals surface area contributed by atoms with Gasteiger partial charge in [0.05, 0.1) is 5.52 Å². The Morgan fingerprint density at radius 2 is 2.29 bits per heavy atom. The smallest absolute Gasteiger partial charge is 0.270 e. The van der Waals surface area contributed by atoms with Crippen molar-refractivity contribution in [3.8, 4) is 0 Å². The molecule has 1 aliphatic heterocycles. The number of anilines is 1. The number of aromatic amines is 1. The Kier molecular flexibility index (Phi) is 2.82. The molecule has 6 heteroatoms. The topological polar surface area (TPSA) is 61.0 Å². The summed E-state index contributed by atoms with van der Waals surface area (Å²) in [4.78, 5) is 21.4. The van der Waals surface area contributed by atoms with Gasteiger partial charge in [-0.1, -0.05) is 0 Å². The van der Waals surface area contributed by atoms with Gasteiger partial charge in [-0.15, -0.1) is 11.3 Å². The van der Waals surface area contributed by atoms with Crippen molar-refractivity contribution in [2.24, 2.45) is 0 Å². The van der Waals surface area contributed by atoms with Crippen molar-refractivity contribution in [1.82, 2.24) is 15.3 Å². The average molecular weight is 250 g/mol. The van der Waals surface area contributed by atoms with E-state index in [0.29, 0.717) is 10.6 Å². The molecule has 0 aromatic carbocycles. The molecular formula is C11H14N4OS. The minimum absolute atomic E-state index is 0.0304. The molecule has 5 nitrogen and oxygen atoms in total. The van der Waals surface area contributed by atoms with Crippen molar-refractivity contribution < 1.29 is 0 Å². The standard InChI is InChI=1S/C11H14N4OS/c16-10-9-8(2-7-17-9)13-11(14-10)15-5-1-3-12-4-6-15/h2,7,12H,1,3-6H2,(H,13,14,16). The highest BCUT2D eigenvalue weighted by atomic mass is 32.1. The Labute approximate surface area is 102 Å². The van der Waals surface area contributed by atoms with Gasteiger partial charge in [0.25, 0.3) is 5.56 Å². The summed E-state index contributed by atoms with van der Waals surface area (Å²) in [5.41, 5.74) is 0.767. The van der Waals surface area contributed by atoms with Crippen LogP contribution < -0.4 is 15.8 Å². The van der Waals surface area contributed by atoms with Crippen LogP contribution in [0.3, 0.4) is 0 Å². The molecule has 0 spiro atoms. The van der Waals surface area contributed by atoms with Crippen LogP contribution in [0.25, 0.3) is 10.2 Å². The predicted octanol–water partition coefficient (Wildman–Crippen LogP) is 0.784. The molecule has 0 saturated carbocycles. The summed E-state index contributed by atoms with van der Waals surface area (Å²) in [6, 6.07) is 1.90. The number of H-pyrrole nitrogens is 1. The molecule has 2 aromatic rings. The molecule has 1 aliphatic rings. The Hall–Kier alpha value is -1.40. The number of aromatic nitrogens is 2. The normalized spacial score (nSPS) is 17.3. The first-order valence-corrected chi connectivity index (χ1v) is 6.66. The summed E-state index contributed by atoms with van der Waals surface area (Å²) in [6.07, 6.45) is 1.07. The first kappa shape index (κ1) is 10.7. The summed E-state index contributed by atoms with van der Waals surface area (Å²) in [5.74, 6) is 0.699. The van der Waals surface area contributed by atoms with E-state index in [4.69, 9.17) is 0 Å². The molecule has 90 valence electrons. The van der Waals surface area contributed by atoms with Gasteiger partial charge in [-0.2, -0.15) is 0 Å². The summed E-state index contributed by atoms with van der Waals surface area (Å²) >= 11 is 1.44. The Bertz CT molecular complexity index is 568. The van der Waals surface area contributed by atoms with Crippen molar-refractivity contribution in [3.63, 3.8) is 0 Å². The van der Waals surface area contributed by atoms with E-state index in [2.05, 4.69) is 20.2 Å². The van der Waals surface area contributed by atoms with Crippen LogP contribution in [0.2, 0.25) is 0 Å². The zero-order valence-corrected chi connectivity index (χ0v) is 10.2. The maximum Gasteiger partial charge on any atom is 0.270 e. The zero-order valence-electron chi connectivity index (χ0n) is 9.40. The quantitative estimate of drug-likeness (QED) is 0.785. The van der Waals surface area contributed by atoms with Gasteiger partial charge in [-0.25, -0.2) is 4.98 Å². The first-order chi connectivity index (χ1) is 8.34. The third kappa shape index (κ3) is 2.05. The predicted molar refractivity (Wildman–Crippen MR) is 69.9 cm³/mol. The molecule has 0 unspecified atom stereocenters. The Morgan fingerprint density at radius 1 is 1.35 bits per heavy atom. The van der Waals surface area contributed by atoms with Crippen molar-refractivity contribution in [3.05, 3.63) is 21.8 Å². The van der Waals surface area contributed by atoms with Crippen molar-refractivity contribution >= 4 is 27.5 Å². The minimum atomic E-state index is -0.0304. The number of nitrogens with one attached hydrogen (secondary N) is 2. The molecule has 2 aromatic heterocycles. The lowest BCUT2D eigenvalue weighted by molar-refractivity contribution is 0.724. The number of nitrogens with zero attached hydrogens (tertiary/aromatic N) is 2. The van der Waals surface area contributed by atoms with Crippen LogP contribution in [0.5, 0.6) is 0 Å². The van der Waals surface area contributed by atoms with E-state index in [-0.39, 0.29) is 5.56 Å². The van der Waals surface area contributed by atoms with E-state index >= 15 is 0 Å². The molecular weight excluding hydrogens is 236 g/mol. The van der Waals surface area contributed by atoms with E-state index in [1.54, 1.807) is 0 Å². The lowest BCUT2D eigenvalue weighted by Gasteiger charge is -2.19. The summed E-state index contributed by atoms with van der Waals surface area (Å²) in [5, 5.41) is 5.24. The molecule has 0 atom stereocenters. The van der Waals surface area contributed by atoms with Crippen LogP contribution in [-0.4, -0.2) is 36.1 Å². The van der Waals surface area contributed by atoms with Gasteiger partial charge in [0, 0.05) is 19.6 Å². The molecule has 0 bridgehead atoms. The lowest BCUT2D eigenvalue weighted by Crippen LogP contribution is -2.30.